The van der Waals surface area contributed by atoms with E-state index in [0.29, 0.717) is 18.6 Å². The molecule has 2 aromatic rings. The third-order valence-corrected chi connectivity index (χ3v) is 5.30. The molecule has 0 bridgehead atoms. The van der Waals surface area contributed by atoms with Gasteiger partial charge in [0.2, 0.25) is 0 Å². The molecule has 3 heteroatoms. The Morgan fingerprint density at radius 2 is 2.16 bits per heavy atom. The first kappa shape index (κ1) is 13.1. The number of likely N-dealkylation sites (tertiary alicyclic amines) is 1. The molecule has 0 amide bonds. The van der Waals surface area contributed by atoms with Gasteiger partial charge in [0.05, 0.1) is 0 Å². The van der Waals surface area contributed by atoms with Crippen LogP contribution in [0.2, 0.25) is 0 Å². The van der Waals surface area contributed by atoms with Gasteiger partial charge in [-0.2, -0.15) is 0 Å². The molecule has 2 heterocycles. The van der Waals surface area contributed by atoms with E-state index in [1.807, 2.05) is 11.3 Å². The number of hydrogen-bond donors (Lipinski definition) is 1. The molecule has 1 aromatic heterocycles. The summed E-state index contributed by atoms with van der Waals surface area (Å²) in [5.41, 5.74) is 0. The molecule has 0 radical (unpaired) electrons. The summed E-state index contributed by atoms with van der Waals surface area (Å²) < 4.78 is 1.38. The van der Waals surface area contributed by atoms with Crippen molar-refractivity contribution in [3.8, 4) is 0 Å². The Hall–Kier alpha value is -0.900. The van der Waals surface area contributed by atoms with Gasteiger partial charge in [0.15, 0.2) is 0 Å². The molecule has 2 atom stereocenters. The van der Waals surface area contributed by atoms with Crippen molar-refractivity contribution in [2.45, 2.75) is 32.4 Å². The van der Waals surface area contributed by atoms with Crippen LogP contribution in [0.5, 0.6) is 0 Å². The fourth-order valence-electron chi connectivity index (χ4n) is 2.95. The second kappa shape index (κ2) is 5.61. The second-order valence-electron chi connectivity index (χ2n) is 5.65. The van der Waals surface area contributed by atoms with Crippen LogP contribution in [-0.4, -0.2) is 29.2 Å². The Morgan fingerprint density at radius 3 is 2.95 bits per heavy atom. The van der Waals surface area contributed by atoms with Gasteiger partial charge in [-0.05, 0) is 43.2 Å². The lowest BCUT2D eigenvalue weighted by Crippen LogP contribution is -2.42. The van der Waals surface area contributed by atoms with Crippen LogP contribution in [0.15, 0.2) is 30.3 Å². The van der Waals surface area contributed by atoms with Crippen molar-refractivity contribution >= 4 is 21.4 Å². The van der Waals surface area contributed by atoms with Gasteiger partial charge < -0.3 is 5.11 Å². The van der Waals surface area contributed by atoms with Crippen LogP contribution in [0.4, 0.5) is 0 Å². The SMILES string of the molecule is CC1CCC(CO)CN1Cc1cc2ccccc2s1. The summed E-state index contributed by atoms with van der Waals surface area (Å²) >= 11 is 1.90. The van der Waals surface area contributed by atoms with E-state index in [1.54, 1.807) is 0 Å². The molecule has 1 fully saturated rings. The molecule has 2 unspecified atom stereocenters. The standard InChI is InChI=1S/C16H21NOS/c1-12-6-7-13(11-18)9-17(12)10-15-8-14-4-2-3-5-16(14)19-15/h2-5,8,12-13,18H,6-7,9-11H2,1H3. The molecule has 19 heavy (non-hydrogen) atoms. The third-order valence-electron chi connectivity index (χ3n) is 4.20. The van der Waals surface area contributed by atoms with E-state index in [4.69, 9.17) is 0 Å². The molecule has 1 saturated heterocycles. The number of piperidine rings is 1. The van der Waals surface area contributed by atoms with E-state index in [9.17, 15) is 5.11 Å². The Bertz CT molecular complexity index is 517. The number of aliphatic hydroxyl groups excluding tert-OH is 1. The highest BCUT2D eigenvalue weighted by Gasteiger charge is 2.25. The topological polar surface area (TPSA) is 23.5 Å². The van der Waals surface area contributed by atoms with Crippen LogP contribution in [0, 0.1) is 5.92 Å². The van der Waals surface area contributed by atoms with Crippen LogP contribution in [0.25, 0.3) is 10.1 Å². The largest absolute Gasteiger partial charge is 0.396 e. The molecule has 0 saturated carbocycles. The quantitative estimate of drug-likeness (QED) is 0.927. The smallest absolute Gasteiger partial charge is 0.0471 e. The Labute approximate surface area is 118 Å². The predicted octanol–water partition coefficient (Wildman–Crippen LogP) is 3.49. The minimum absolute atomic E-state index is 0.329. The molecule has 1 aromatic carbocycles. The molecule has 1 aliphatic rings. The zero-order valence-electron chi connectivity index (χ0n) is 11.4. The van der Waals surface area contributed by atoms with E-state index >= 15 is 0 Å². The highest BCUT2D eigenvalue weighted by molar-refractivity contribution is 7.19. The van der Waals surface area contributed by atoms with E-state index in [0.717, 1.165) is 13.1 Å². The molecule has 1 aliphatic heterocycles. The first-order chi connectivity index (χ1) is 9.26. The van der Waals surface area contributed by atoms with Crippen LogP contribution < -0.4 is 0 Å². The number of aliphatic hydroxyl groups is 1. The van der Waals surface area contributed by atoms with Crippen LogP contribution in [-0.2, 0) is 6.54 Å². The molecule has 0 spiro atoms. The minimum Gasteiger partial charge on any atom is -0.396 e. The first-order valence-corrected chi connectivity index (χ1v) is 7.90. The molecule has 3 rings (SSSR count). The average molecular weight is 275 g/mol. The van der Waals surface area contributed by atoms with Gasteiger partial charge in [0.1, 0.15) is 0 Å². The molecule has 102 valence electrons. The van der Waals surface area contributed by atoms with Crippen LogP contribution >= 0.6 is 11.3 Å². The van der Waals surface area contributed by atoms with E-state index in [1.165, 1.54) is 27.8 Å². The maximum absolute atomic E-state index is 9.35. The van der Waals surface area contributed by atoms with E-state index in [2.05, 4.69) is 42.2 Å². The number of hydrogen-bond acceptors (Lipinski definition) is 3. The second-order valence-corrected chi connectivity index (χ2v) is 6.82. The van der Waals surface area contributed by atoms with Crippen LogP contribution in [0.1, 0.15) is 24.6 Å². The number of thiophene rings is 1. The van der Waals surface area contributed by atoms with Crippen molar-refractivity contribution in [1.82, 2.24) is 4.90 Å². The summed E-state index contributed by atoms with van der Waals surface area (Å²) in [6.07, 6.45) is 2.37. The van der Waals surface area contributed by atoms with Crippen molar-refractivity contribution in [3.63, 3.8) is 0 Å². The van der Waals surface area contributed by atoms with Gasteiger partial charge in [-0.1, -0.05) is 18.2 Å². The maximum Gasteiger partial charge on any atom is 0.0471 e. The monoisotopic (exact) mass is 275 g/mol. The van der Waals surface area contributed by atoms with Crippen molar-refractivity contribution in [2.24, 2.45) is 5.92 Å². The number of fused-ring (bicyclic) bond motifs is 1. The molecule has 0 aliphatic carbocycles. The molecule has 1 N–H and O–H groups in total. The third kappa shape index (κ3) is 2.83. The average Bonchev–Trinajstić information content (AvgIpc) is 2.83. The summed E-state index contributed by atoms with van der Waals surface area (Å²) in [6, 6.07) is 11.5. The molecular weight excluding hydrogens is 254 g/mol. The zero-order chi connectivity index (χ0) is 13.2. The van der Waals surface area contributed by atoms with Gasteiger partial charge in [0.25, 0.3) is 0 Å². The van der Waals surface area contributed by atoms with Gasteiger partial charge in [-0.3, -0.25) is 4.90 Å². The van der Waals surface area contributed by atoms with Gasteiger partial charge in [0, 0.05) is 35.3 Å². The number of nitrogens with zero attached hydrogens (tertiary/aromatic N) is 1. The molecular formula is C16H21NOS. The summed E-state index contributed by atoms with van der Waals surface area (Å²) in [4.78, 5) is 3.96. The Morgan fingerprint density at radius 1 is 1.32 bits per heavy atom. The zero-order valence-corrected chi connectivity index (χ0v) is 12.2. The van der Waals surface area contributed by atoms with Gasteiger partial charge in [-0.25, -0.2) is 0 Å². The fourth-order valence-corrected chi connectivity index (χ4v) is 4.04. The lowest BCUT2D eigenvalue weighted by Gasteiger charge is -2.37. The summed E-state index contributed by atoms with van der Waals surface area (Å²) in [5.74, 6) is 0.463. The Balaban J connectivity index is 1.75. The van der Waals surface area contributed by atoms with Crippen molar-refractivity contribution in [2.75, 3.05) is 13.2 Å². The number of benzene rings is 1. The number of rotatable bonds is 3. The fraction of sp³-hybridized carbons (Fsp3) is 0.500. The van der Waals surface area contributed by atoms with Crippen molar-refractivity contribution in [1.29, 1.82) is 0 Å². The lowest BCUT2D eigenvalue weighted by atomic mass is 9.94. The summed E-state index contributed by atoms with van der Waals surface area (Å²) in [7, 11) is 0. The van der Waals surface area contributed by atoms with Gasteiger partial charge in [-0.15, -0.1) is 11.3 Å². The summed E-state index contributed by atoms with van der Waals surface area (Å²) in [6.45, 7) is 4.69. The minimum atomic E-state index is 0.329. The van der Waals surface area contributed by atoms with E-state index in [-0.39, 0.29) is 0 Å². The van der Waals surface area contributed by atoms with Gasteiger partial charge >= 0.3 is 0 Å². The molecule has 2 nitrogen and oxygen atoms in total. The maximum atomic E-state index is 9.35. The van der Waals surface area contributed by atoms with Crippen LogP contribution in [0.3, 0.4) is 0 Å². The van der Waals surface area contributed by atoms with Crippen molar-refractivity contribution in [3.05, 3.63) is 35.2 Å². The highest BCUT2D eigenvalue weighted by Crippen LogP contribution is 2.29. The predicted molar refractivity (Wildman–Crippen MR) is 81.5 cm³/mol. The van der Waals surface area contributed by atoms with Crippen molar-refractivity contribution < 1.29 is 5.11 Å². The highest BCUT2D eigenvalue weighted by atomic mass is 32.1. The first-order valence-electron chi connectivity index (χ1n) is 7.08. The van der Waals surface area contributed by atoms with E-state index < -0.39 is 0 Å². The normalized spacial score (nSPS) is 24.9. The Kier molecular flexibility index (Phi) is 3.87. The lowest BCUT2D eigenvalue weighted by molar-refractivity contribution is 0.0779. The summed E-state index contributed by atoms with van der Waals surface area (Å²) in [5, 5.41) is 10.7.